The predicted molar refractivity (Wildman–Crippen MR) is 117 cm³/mol. The maximum atomic E-state index is 14.4. The van der Waals surface area contributed by atoms with Crippen LogP contribution >= 0.6 is 11.3 Å². The number of nitrogens with two attached hydrogens (primary N) is 1. The van der Waals surface area contributed by atoms with Gasteiger partial charge in [-0.25, -0.2) is 13.2 Å². The predicted octanol–water partition coefficient (Wildman–Crippen LogP) is 6.09. The number of hydrogen-bond donors (Lipinski definition) is 1. The van der Waals surface area contributed by atoms with Crippen molar-refractivity contribution >= 4 is 39.0 Å². The van der Waals surface area contributed by atoms with Crippen LogP contribution in [0.4, 0.5) is 13.2 Å². The molecule has 0 unspecified atom stereocenters. The molecule has 2 N–H and O–H groups in total. The fourth-order valence-electron chi connectivity index (χ4n) is 3.97. The normalized spacial score (nSPS) is 11.5. The Morgan fingerprint density at radius 1 is 0.903 bits per heavy atom. The lowest BCUT2D eigenvalue weighted by atomic mass is 10.0. The van der Waals surface area contributed by atoms with E-state index in [1.54, 1.807) is 34.1 Å². The van der Waals surface area contributed by atoms with Crippen molar-refractivity contribution in [1.29, 1.82) is 0 Å². The van der Waals surface area contributed by atoms with Gasteiger partial charge in [0, 0.05) is 32.8 Å². The molecular weight excluding hydrogens is 421 g/mol. The molecule has 0 radical (unpaired) electrons. The van der Waals surface area contributed by atoms with Crippen molar-refractivity contribution in [3.05, 3.63) is 94.6 Å². The lowest BCUT2D eigenvalue weighted by Crippen LogP contribution is -2.11. The highest BCUT2D eigenvalue weighted by atomic mass is 32.1. The molecular formula is C24H15F3N2OS. The second-order valence-electron chi connectivity index (χ2n) is 7.22. The second-order valence-corrected chi connectivity index (χ2v) is 8.16. The van der Waals surface area contributed by atoms with Crippen molar-refractivity contribution in [2.75, 3.05) is 0 Å². The molecule has 0 aliphatic rings. The van der Waals surface area contributed by atoms with Crippen LogP contribution in [0.5, 0.6) is 0 Å². The van der Waals surface area contributed by atoms with Crippen LogP contribution in [-0.4, -0.2) is 10.5 Å². The van der Waals surface area contributed by atoms with Crippen LogP contribution in [0.1, 0.15) is 15.9 Å². The Kier molecular flexibility index (Phi) is 4.55. The van der Waals surface area contributed by atoms with Gasteiger partial charge in [0.15, 0.2) is 11.6 Å². The number of thiophene rings is 1. The van der Waals surface area contributed by atoms with Crippen molar-refractivity contribution in [2.24, 2.45) is 5.73 Å². The zero-order valence-corrected chi connectivity index (χ0v) is 16.8. The van der Waals surface area contributed by atoms with Gasteiger partial charge < -0.3 is 10.3 Å². The molecule has 5 rings (SSSR count). The number of fused-ring (bicyclic) bond motifs is 3. The lowest BCUT2D eigenvalue weighted by molar-refractivity contribution is 0.100. The first kappa shape index (κ1) is 19.4. The third-order valence-electron chi connectivity index (χ3n) is 5.38. The third-order valence-corrected chi connectivity index (χ3v) is 6.30. The van der Waals surface area contributed by atoms with Crippen LogP contribution < -0.4 is 5.73 Å². The molecule has 1 amide bonds. The number of benzene rings is 3. The molecule has 2 heterocycles. The molecule has 0 saturated carbocycles. The summed E-state index contributed by atoms with van der Waals surface area (Å²) < 4.78 is 43.5. The maximum absolute atomic E-state index is 14.4. The van der Waals surface area contributed by atoms with Gasteiger partial charge in [0.25, 0.3) is 0 Å². The Labute approximate surface area is 179 Å². The number of carbonyl (C=O) groups is 1. The summed E-state index contributed by atoms with van der Waals surface area (Å²) in [7, 11) is 0. The van der Waals surface area contributed by atoms with E-state index in [1.807, 2.05) is 35.7 Å². The van der Waals surface area contributed by atoms with Crippen LogP contribution in [0.2, 0.25) is 0 Å². The van der Waals surface area contributed by atoms with Gasteiger partial charge in [-0.05, 0) is 41.3 Å². The molecule has 0 fully saturated rings. The molecule has 0 atom stereocenters. The van der Waals surface area contributed by atoms with Crippen LogP contribution in [0.15, 0.2) is 66.0 Å². The Bertz CT molecular complexity index is 1470. The number of aromatic nitrogens is 1. The van der Waals surface area contributed by atoms with E-state index in [0.29, 0.717) is 22.5 Å². The number of nitrogens with zero attached hydrogens (tertiary/aromatic N) is 1. The van der Waals surface area contributed by atoms with Crippen LogP contribution in [0.25, 0.3) is 32.2 Å². The topological polar surface area (TPSA) is 48.0 Å². The van der Waals surface area contributed by atoms with E-state index in [1.165, 1.54) is 0 Å². The molecule has 2 aromatic heterocycles. The smallest absolute Gasteiger partial charge is 0.249 e. The Morgan fingerprint density at radius 3 is 2.45 bits per heavy atom. The summed E-state index contributed by atoms with van der Waals surface area (Å²) in [5.74, 6) is -3.77. The molecule has 5 aromatic rings. The Balaban J connectivity index is 1.82. The van der Waals surface area contributed by atoms with Gasteiger partial charge >= 0.3 is 0 Å². The van der Waals surface area contributed by atoms with Crippen LogP contribution in [0.3, 0.4) is 0 Å². The fraction of sp³-hybridized carbons (Fsp3) is 0.0417. The van der Waals surface area contributed by atoms with Crippen molar-refractivity contribution in [2.45, 2.75) is 6.54 Å². The van der Waals surface area contributed by atoms with Gasteiger partial charge in [-0.15, -0.1) is 11.3 Å². The molecule has 154 valence electrons. The molecule has 3 nitrogen and oxygen atoms in total. The quantitative estimate of drug-likeness (QED) is 0.341. The van der Waals surface area contributed by atoms with Gasteiger partial charge in [0.05, 0.1) is 17.6 Å². The van der Waals surface area contributed by atoms with Crippen molar-refractivity contribution in [3.8, 4) is 10.4 Å². The van der Waals surface area contributed by atoms with E-state index in [-0.39, 0.29) is 12.1 Å². The first-order chi connectivity index (χ1) is 14.9. The van der Waals surface area contributed by atoms with E-state index >= 15 is 0 Å². The molecule has 0 aliphatic carbocycles. The van der Waals surface area contributed by atoms with Gasteiger partial charge in [-0.1, -0.05) is 24.3 Å². The van der Waals surface area contributed by atoms with Crippen LogP contribution in [0, 0.1) is 17.5 Å². The summed E-state index contributed by atoms with van der Waals surface area (Å²) >= 11 is 1.58. The lowest BCUT2D eigenvalue weighted by Gasteiger charge is -2.10. The van der Waals surface area contributed by atoms with Crippen LogP contribution in [-0.2, 0) is 6.54 Å². The number of amides is 1. The Morgan fingerprint density at radius 2 is 1.71 bits per heavy atom. The number of carbonyl (C=O) groups excluding carboxylic acids is 1. The van der Waals surface area contributed by atoms with Gasteiger partial charge in [-0.3, -0.25) is 4.79 Å². The first-order valence-electron chi connectivity index (χ1n) is 9.46. The van der Waals surface area contributed by atoms with Crippen molar-refractivity contribution < 1.29 is 18.0 Å². The second kappa shape index (κ2) is 7.28. The average Bonchev–Trinajstić information content (AvgIpc) is 3.39. The Hall–Kier alpha value is -3.58. The minimum atomic E-state index is -1.24. The summed E-state index contributed by atoms with van der Waals surface area (Å²) in [6.07, 6.45) is 0. The number of hydrogen-bond acceptors (Lipinski definition) is 2. The zero-order chi connectivity index (χ0) is 21.7. The van der Waals surface area contributed by atoms with Gasteiger partial charge in [0.1, 0.15) is 5.82 Å². The largest absolute Gasteiger partial charge is 0.366 e. The van der Waals surface area contributed by atoms with E-state index in [0.717, 1.165) is 27.4 Å². The SMILES string of the molecule is NC(=O)c1cccc2c1c1ccc(-c3cccs3)cc1n2Cc1cc(F)c(F)cc1F. The van der Waals surface area contributed by atoms with Gasteiger partial charge in [0.2, 0.25) is 5.91 Å². The summed E-state index contributed by atoms with van der Waals surface area (Å²) in [6.45, 7) is -0.0425. The number of rotatable bonds is 4. The molecule has 0 saturated heterocycles. The summed E-state index contributed by atoms with van der Waals surface area (Å²) in [6, 6.07) is 16.3. The fourth-order valence-corrected chi connectivity index (χ4v) is 4.70. The molecule has 0 spiro atoms. The molecule has 0 aliphatic heterocycles. The van der Waals surface area contributed by atoms with E-state index in [9.17, 15) is 18.0 Å². The summed E-state index contributed by atoms with van der Waals surface area (Å²) in [5, 5.41) is 3.38. The number of halogens is 3. The average molecular weight is 436 g/mol. The summed E-state index contributed by atoms with van der Waals surface area (Å²) in [5.41, 5.74) is 8.29. The van der Waals surface area contributed by atoms with Gasteiger partial charge in [-0.2, -0.15) is 0 Å². The van der Waals surface area contributed by atoms with E-state index in [4.69, 9.17) is 5.73 Å². The molecule has 3 aromatic carbocycles. The highest BCUT2D eigenvalue weighted by molar-refractivity contribution is 7.13. The molecule has 31 heavy (non-hydrogen) atoms. The van der Waals surface area contributed by atoms with E-state index < -0.39 is 23.4 Å². The third kappa shape index (κ3) is 3.18. The van der Waals surface area contributed by atoms with Crippen molar-refractivity contribution in [1.82, 2.24) is 4.57 Å². The minimum Gasteiger partial charge on any atom is -0.366 e. The first-order valence-corrected chi connectivity index (χ1v) is 10.3. The monoisotopic (exact) mass is 436 g/mol. The summed E-state index contributed by atoms with van der Waals surface area (Å²) in [4.78, 5) is 13.1. The zero-order valence-electron chi connectivity index (χ0n) is 16.0. The molecule has 0 bridgehead atoms. The standard InChI is InChI=1S/C24H15F3N2OS/c25-17-11-19(27)18(26)9-14(17)12-29-20-4-1-3-16(24(28)30)23(20)15-7-6-13(10-21(15)29)22-5-2-8-31-22/h1-11H,12H2,(H2,28,30). The van der Waals surface area contributed by atoms with Crippen molar-refractivity contribution in [3.63, 3.8) is 0 Å². The highest BCUT2D eigenvalue weighted by Crippen LogP contribution is 2.36. The number of primary amides is 1. The van der Waals surface area contributed by atoms with E-state index in [2.05, 4.69) is 0 Å². The minimum absolute atomic E-state index is 0.00343. The highest BCUT2D eigenvalue weighted by Gasteiger charge is 2.19. The molecule has 7 heteroatoms. The maximum Gasteiger partial charge on any atom is 0.249 e.